The summed E-state index contributed by atoms with van der Waals surface area (Å²) >= 11 is 0. The molecule has 0 aromatic heterocycles. The van der Waals surface area contributed by atoms with Crippen molar-refractivity contribution in [2.24, 2.45) is 28.6 Å². The van der Waals surface area contributed by atoms with E-state index < -0.39 is 6.10 Å². The van der Waals surface area contributed by atoms with Crippen molar-refractivity contribution in [3.8, 4) is 0 Å². The molecule has 0 bridgehead atoms. The molecule has 4 nitrogen and oxygen atoms in total. The van der Waals surface area contributed by atoms with Crippen LogP contribution in [0.25, 0.3) is 0 Å². The smallest absolute Gasteiger partial charge is 0.303 e. The molecule has 4 heteroatoms. The van der Waals surface area contributed by atoms with Gasteiger partial charge < -0.3 is 9.84 Å². The van der Waals surface area contributed by atoms with Gasteiger partial charge in [0.1, 0.15) is 0 Å². The first kappa shape index (κ1) is 17.3. The van der Waals surface area contributed by atoms with E-state index in [1.807, 2.05) is 0 Å². The van der Waals surface area contributed by atoms with Gasteiger partial charge in [-0.15, -0.1) is 0 Å². The Kier molecular flexibility index (Phi) is 3.91. The summed E-state index contributed by atoms with van der Waals surface area (Å²) in [4.78, 5) is 23.8. The Bertz CT molecular complexity index is 638. The molecule has 0 aromatic carbocycles. The summed E-state index contributed by atoms with van der Waals surface area (Å²) in [5, 5.41) is 10.5. The Hall–Kier alpha value is -1.16. The van der Waals surface area contributed by atoms with Gasteiger partial charge in [-0.25, -0.2) is 0 Å². The van der Waals surface area contributed by atoms with Gasteiger partial charge in [-0.2, -0.15) is 0 Å². The molecule has 0 saturated heterocycles. The highest BCUT2D eigenvalue weighted by Gasteiger charge is 2.59. The van der Waals surface area contributed by atoms with Crippen molar-refractivity contribution in [2.75, 3.05) is 0 Å². The van der Waals surface area contributed by atoms with Gasteiger partial charge in [0, 0.05) is 13.3 Å². The summed E-state index contributed by atoms with van der Waals surface area (Å²) in [6.07, 6.45) is 7.95. The number of aliphatic hydroxyl groups excluding tert-OH is 1. The topological polar surface area (TPSA) is 63.6 Å². The largest absolute Gasteiger partial charge is 0.454 e. The van der Waals surface area contributed by atoms with Crippen molar-refractivity contribution >= 4 is 11.8 Å². The van der Waals surface area contributed by atoms with E-state index in [4.69, 9.17) is 4.74 Å². The maximum atomic E-state index is 12.4. The first-order chi connectivity index (χ1) is 11.8. The molecule has 1 N–H and O–H groups in total. The van der Waals surface area contributed by atoms with Gasteiger partial charge in [-0.1, -0.05) is 19.4 Å². The van der Waals surface area contributed by atoms with Crippen molar-refractivity contribution < 1.29 is 19.4 Å². The third-order valence-electron chi connectivity index (χ3n) is 8.24. The molecule has 4 rings (SSSR count). The van der Waals surface area contributed by atoms with E-state index in [1.165, 1.54) is 12.5 Å². The summed E-state index contributed by atoms with van der Waals surface area (Å²) in [6, 6.07) is 0. The number of esters is 1. The summed E-state index contributed by atoms with van der Waals surface area (Å²) in [5.74, 6) is 1.31. The molecule has 0 aromatic rings. The van der Waals surface area contributed by atoms with Crippen LogP contribution in [0, 0.1) is 28.6 Å². The van der Waals surface area contributed by atoms with Gasteiger partial charge in [0.2, 0.25) is 0 Å². The van der Waals surface area contributed by atoms with Crippen LogP contribution >= 0.6 is 0 Å². The van der Waals surface area contributed by atoms with E-state index in [0.29, 0.717) is 24.2 Å². The van der Waals surface area contributed by atoms with Crippen LogP contribution in [0.2, 0.25) is 0 Å². The van der Waals surface area contributed by atoms with Crippen molar-refractivity contribution in [1.82, 2.24) is 0 Å². The third kappa shape index (κ3) is 2.43. The standard InChI is InChI=1S/C21H30O4/c1-12(22)25-18-11-21(3)13(10-17(18)23)4-5-14-15-6-7-19(24)20(15,2)9-8-16(14)21/h10,14-16,18-19,24H,4-9,11H2,1-3H3/t14-,15-,16-,18?,19-,20-,21-/m0/s1. The van der Waals surface area contributed by atoms with E-state index in [0.717, 1.165) is 38.5 Å². The number of hydrogen-bond acceptors (Lipinski definition) is 4. The molecule has 4 aliphatic carbocycles. The molecule has 0 amide bonds. The Morgan fingerprint density at radius 1 is 1.20 bits per heavy atom. The van der Waals surface area contributed by atoms with E-state index in [2.05, 4.69) is 13.8 Å². The highest BCUT2D eigenvalue weighted by molar-refractivity contribution is 5.96. The lowest BCUT2D eigenvalue weighted by atomic mass is 9.47. The van der Waals surface area contributed by atoms with Crippen LogP contribution in [-0.2, 0) is 14.3 Å². The minimum atomic E-state index is -0.618. The summed E-state index contributed by atoms with van der Waals surface area (Å²) in [5.41, 5.74) is 1.29. The Balaban J connectivity index is 1.65. The van der Waals surface area contributed by atoms with Crippen LogP contribution in [0.4, 0.5) is 0 Å². The molecule has 0 aliphatic heterocycles. The zero-order valence-electron chi connectivity index (χ0n) is 15.6. The van der Waals surface area contributed by atoms with Crippen molar-refractivity contribution in [1.29, 1.82) is 0 Å². The van der Waals surface area contributed by atoms with Gasteiger partial charge in [0.15, 0.2) is 11.9 Å². The normalized spacial score (nSPS) is 48.9. The predicted octanol–water partition coefficient (Wildman–Crippen LogP) is 3.42. The summed E-state index contributed by atoms with van der Waals surface area (Å²) < 4.78 is 5.35. The predicted molar refractivity (Wildman–Crippen MR) is 93.7 cm³/mol. The molecular weight excluding hydrogens is 316 g/mol. The van der Waals surface area contributed by atoms with Gasteiger partial charge >= 0.3 is 5.97 Å². The molecule has 1 unspecified atom stereocenters. The van der Waals surface area contributed by atoms with Gasteiger partial charge in [0.05, 0.1) is 6.10 Å². The minimum Gasteiger partial charge on any atom is -0.454 e. The molecule has 0 heterocycles. The maximum Gasteiger partial charge on any atom is 0.303 e. The molecule has 25 heavy (non-hydrogen) atoms. The number of hydrogen-bond donors (Lipinski definition) is 1. The summed E-state index contributed by atoms with van der Waals surface area (Å²) in [6.45, 7) is 5.95. The monoisotopic (exact) mass is 346 g/mol. The molecule has 4 aliphatic rings. The van der Waals surface area contributed by atoms with E-state index in [-0.39, 0.29) is 28.7 Å². The number of fused-ring (bicyclic) bond motifs is 5. The molecule has 7 atom stereocenters. The van der Waals surface area contributed by atoms with Crippen LogP contribution in [0.5, 0.6) is 0 Å². The van der Waals surface area contributed by atoms with Gasteiger partial charge in [-0.05, 0) is 73.2 Å². The SMILES string of the molecule is CC(=O)OC1C[C@@]2(C)C(=CC1=O)CC[C@H]1[C@@H]3CC[C@H](O)[C@@]3(C)CC[C@@H]12. The highest BCUT2D eigenvalue weighted by atomic mass is 16.5. The van der Waals surface area contributed by atoms with Crippen LogP contribution in [0.15, 0.2) is 11.6 Å². The van der Waals surface area contributed by atoms with E-state index in [1.54, 1.807) is 6.08 Å². The lowest BCUT2D eigenvalue weighted by molar-refractivity contribution is -0.156. The fraction of sp³-hybridized carbons (Fsp3) is 0.810. The average Bonchev–Trinajstić information content (AvgIpc) is 2.84. The third-order valence-corrected chi connectivity index (χ3v) is 8.24. The Morgan fingerprint density at radius 2 is 1.96 bits per heavy atom. The Labute approximate surface area is 150 Å². The minimum absolute atomic E-state index is 0.0435. The fourth-order valence-corrected chi connectivity index (χ4v) is 6.87. The molecular formula is C21H30O4. The average molecular weight is 346 g/mol. The number of carbonyl (C=O) groups excluding carboxylic acids is 2. The van der Waals surface area contributed by atoms with Crippen LogP contribution < -0.4 is 0 Å². The van der Waals surface area contributed by atoms with E-state index >= 15 is 0 Å². The molecule has 0 spiro atoms. The molecule has 138 valence electrons. The van der Waals surface area contributed by atoms with Gasteiger partial charge in [0.25, 0.3) is 0 Å². The van der Waals surface area contributed by atoms with Crippen LogP contribution in [0.1, 0.15) is 65.7 Å². The Morgan fingerprint density at radius 3 is 2.68 bits per heavy atom. The maximum absolute atomic E-state index is 12.4. The zero-order valence-corrected chi connectivity index (χ0v) is 15.6. The van der Waals surface area contributed by atoms with Gasteiger partial charge in [-0.3, -0.25) is 9.59 Å². The number of ketones is 1. The molecule has 3 fully saturated rings. The second-order valence-electron chi connectivity index (χ2n) is 9.34. The number of allylic oxidation sites excluding steroid dienone is 1. The molecule has 0 radical (unpaired) electrons. The van der Waals surface area contributed by atoms with E-state index in [9.17, 15) is 14.7 Å². The number of aliphatic hydroxyl groups is 1. The van der Waals surface area contributed by atoms with Crippen molar-refractivity contribution in [2.45, 2.75) is 77.9 Å². The van der Waals surface area contributed by atoms with Crippen LogP contribution in [0.3, 0.4) is 0 Å². The van der Waals surface area contributed by atoms with Crippen LogP contribution in [-0.4, -0.2) is 29.1 Å². The summed E-state index contributed by atoms with van der Waals surface area (Å²) in [7, 11) is 0. The first-order valence-corrected chi connectivity index (χ1v) is 9.86. The number of rotatable bonds is 1. The lowest BCUT2D eigenvalue weighted by Crippen LogP contribution is -2.53. The second-order valence-corrected chi connectivity index (χ2v) is 9.34. The van der Waals surface area contributed by atoms with Crippen molar-refractivity contribution in [3.63, 3.8) is 0 Å². The number of carbonyl (C=O) groups is 2. The van der Waals surface area contributed by atoms with Crippen molar-refractivity contribution in [3.05, 3.63) is 11.6 Å². The molecule has 3 saturated carbocycles. The second kappa shape index (κ2) is 5.67. The first-order valence-electron chi connectivity index (χ1n) is 9.86. The number of ether oxygens (including phenoxy) is 1. The quantitative estimate of drug-likeness (QED) is 0.739. The highest BCUT2D eigenvalue weighted by Crippen LogP contribution is 2.65. The lowest BCUT2D eigenvalue weighted by Gasteiger charge is -2.58. The zero-order chi connectivity index (χ0) is 18.0. The fourth-order valence-electron chi connectivity index (χ4n) is 6.87.